The summed E-state index contributed by atoms with van der Waals surface area (Å²) in [5, 5.41) is 14.4. The van der Waals surface area contributed by atoms with Crippen LogP contribution in [0.25, 0.3) is 0 Å². The van der Waals surface area contributed by atoms with E-state index in [1.807, 2.05) is 26.8 Å². The van der Waals surface area contributed by atoms with Crippen molar-refractivity contribution in [2.75, 3.05) is 5.32 Å². The van der Waals surface area contributed by atoms with Crippen LogP contribution in [-0.2, 0) is 14.3 Å². The van der Waals surface area contributed by atoms with Crippen LogP contribution >= 0.6 is 15.9 Å². The van der Waals surface area contributed by atoms with Gasteiger partial charge in [0.05, 0.1) is 0 Å². The number of ether oxygens (including phenoxy) is 1. The van der Waals surface area contributed by atoms with Crippen LogP contribution in [0.5, 0.6) is 0 Å². The fourth-order valence-electron chi connectivity index (χ4n) is 2.54. The van der Waals surface area contributed by atoms with Crippen LogP contribution in [0.2, 0.25) is 0 Å². The molecule has 150 valence electrons. The third kappa shape index (κ3) is 7.21. The first kappa shape index (κ1) is 23.0. The van der Waals surface area contributed by atoms with Crippen LogP contribution in [0.3, 0.4) is 0 Å². The van der Waals surface area contributed by atoms with E-state index in [4.69, 9.17) is 4.74 Å². The van der Waals surface area contributed by atoms with Crippen molar-refractivity contribution in [2.24, 2.45) is 0 Å². The van der Waals surface area contributed by atoms with Gasteiger partial charge in [-0.15, -0.1) is 0 Å². The Labute approximate surface area is 168 Å². The Morgan fingerprint density at radius 2 is 1.78 bits per heavy atom. The van der Waals surface area contributed by atoms with Crippen molar-refractivity contribution in [1.82, 2.24) is 5.32 Å². The van der Waals surface area contributed by atoms with Gasteiger partial charge < -0.3 is 20.5 Å². The highest BCUT2D eigenvalue weighted by molar-refractivity contribution is 9.10. The standard InChI is InChI=1S/C19H27BrN2O5/c1-10-9-11(2)16(12(3)15(10)20)22-14(23)8-7-13(17(24)25)21-18(26)27-19(4,5)6/h9,13H,7-8H2,1-6H3,(H,21,26)(H,22,23)(H,24,25)/t13-/m0/s1. The predicted octanol–water partition coefficient (Wildman–Crippen LogP) is 4.07. The number of benzene rings is 1. The summed E-state index contributed by atoms with van der Waals surface area (Å²) < 4.78 is 5.97. The summed E-state index contributed by atoms with van der Waals surface area (Å²) in [6.07, 6.45) is -0.938. The summed E-state index contributed by atoms with van der Waals surface area (Å²) in [5.74, 6) is -1.55. The molecule has 0 bridgehead atoms. The minimum atomic E-state index is -1.22. The van der Waals surface area contributed by atoms with Crippen LogP contribution in [0.4, 0.5) is 10.5 Å². The first-order chi connectivity index (χ1) is 12.3. The summed E-state index contributed by atoms with van der Waals surface area (Å²) in [6.45, 7) is 10.8. The van der Waals surface area contributed by atoms with Gasteiger partial charge in [-0.3, -0.25) is 4.79 Å². The molecule has 0 heterocycles. The molecule has 2 amide bonds. The quantitative estimate of drug-likeness (QED) is 0.615. The number of anilines is 1. The first-order valence-electron chi connectivity index (χ1n) is 8.60. The molecule has 1 aromatic carbocycles. The Bertz CT molecular complexity index is 741. The lowest BCUT2D eigenvalue weighted by molar-refractivity contribution is -0.139. The molecule has 0 fully saturated rings. The average molecular weight is 443 g/mol. The molecule has 1 atom stereocenters. The molecule has 1 aromatic rings. The van der Waals surface area contributed by atoms with E-state index >= 15 is 0 Å². The number of carbonyl (C=O) groups excluding carboxylic acids is 2. The molecule has 0 aromatic heterocycles. The summed E-state index contributed by atoms with van der Waals surface area (Å²) in [7, 11) is 0. The second kappa shape index (κ2) is 9.21. The van der Waals surface area contributed by atoms with Gasteiger partial charge in [0, 0.05) is 16.6 Å². The normalized spacial score (nSPS) is 12.3. The molecule has 0 spiro atoms. The lowest BCUT2D eigenvalue weighted by Crippen LogP contribution is -2.43. The number of alkyl carbamates (subject to hydrolysis) is 1. The zero-order chi connectivity index (χ0) is 20.9. The first-order valence-corrected chi connectivity index (χ1v) is 9.39. The lowest BCUT2D eigenvalue weighted by Gasteiger charge is -2.22. The van der Waals surface area contributed by atoms with Crippen LogP contribution in [0.1, 0.15) is 50.3 Å². The second-order valence-electron chi connectivity index (χ2n) is 7.45. The van der Waals surface area contributed by atoms with Gasteiger partial charge in [0.15, 0.2) is 0 Å². The largest absolute Gasteiger partial charge is 0.480 e. The molecule has 1 rings (SSSR count). The maximum absolute atomic E-state index is 12.3. The SMILES string of the molecule is Cc1cc(C)c(NC(=O)CC[C@H](NC(=O)OC(C)(C)C)C(=O)O)c(C)c1Br. The van der Waals surface area contributed by atoms with Gasteiger partial charge in [-0.2, -0.15) is 0 Å². The summed E-state index contributed by atoms with van der Waals surface area (Å²) in [6, 6.07) is 0.745. The molecular formula is C19H27BrN2O5. The molecule has 7 nitrogen and oxygen atoms in total. The van der Waals surface area contributed by atoms with Crippen molar-refractivity contribution in [3.63, 3.8) is 0 Å². The van der Waals surface area contributed by atoms with E-state index in [9.17, 15) is 19.5 Å². The van der Waals surface area contributed by atoms with Crippen molar-refractivity contribution in [3.8, 4) is 0 Å². The van der Waals surface area contributed by atoms with Gasteiger partial charge in [0.25, 0.3) is 0 Å². The minimum absolute atomic E-state index is 0.0501. The molecular weight excluding hydrogens is 416 g/mol. The fourth-order valence-corrected chi connectivity index (χ4v) is 2.85. The molecule has 0 radical (unpaired) electrons. The number of aryl methyl sites for hydroxylation is 2. The van der Waals surface area contributed by atoms with Crippen molar-refractivity contribution >= 4 is 39.6 Å². The lowest BCUT2D eigenvalue weighted by atomic mass is 10.0. The zero-order valence-corrected chi connectivity index (χ0v) is 18.1. The van der Waals surface area contributed by atoms with Crippen LogP contribution in [0.15, 0.2) is 10.5 Å². The Balaban J connectivity index is 2.72. The zero-order valence-electron chi connectivity index (χ0n) is 16.5. The summed E-state index contributed by atoms with van der Waals surface area (Å²) in [5.41, 5.74) is 2.85. The van der Waals surface area contributed by atoms with E-state index < -0.39 is 23.7 Å². The van der Waals surface area contributed by atoms with Crippen LogP contribution < -0.4 is 10.6 Å². The Kier molecular flexibility index (Phi) is 7.83. The third-order valence-corrected chi connectivity index (χ3v) is 5.01. The highest BCUT2D eigenvalue weighted by Gasteiger charge is 2.24. The molecule has 0 aliphatic heterocycles. The average Bonchev–Trinajstić information content (AvgIpc) is 2.51. The maximum Gasteiger partial charge on any atom is 0.408 e. The molecule has 0 aliphatic rings. The number of hydrogen-bond donors (Lipinski definition) is 3. The van der Waals surface area contributed by atoms with E-state index in [0.29, 0.717) is 5.69 Å². The number of hydrogen-bond acceptors (Lipinski definition) is 4. The van der Waals surface area contributed by atoms with Gasteiger partial charge in [-0.1, -0.05) is 22.0 Å². The molecule has 8 heteroatoms. The maximum atomic E-state index is 12.3. The second-order valence-corrected chi connectivity index (χ2v) is 8.24. The van der Waals surface area contributed by atoms with Crippen molar-refractivity contribution in [2.45, 2.75) is 66.0 Å². The van der Waals surface area contributed by atoms with E-state index in [-0.39, 0.29) is 18.7 Å². The molecule has 0 aliphatic carbocycles. The fraction of sp³-hybridized carbons (Fsp3) is 0.526. The summed E-state index contributed by atoms with van der Waals surface area (Å²) >= 11 is 3.50. The van der Waals surface area contributed by atoms with Gasteiger partial charge >= 0.3 is 12.1 Å². The molecule has 3 N–H and O–H groups in total. The Morgan fingerprint density at radius 3 is 2.30 bits per heavy atom. The smallest absolute Gasteiger partial charge is 0.408 e. The van der Waals surface area contributed by atoms with E-state index in [1.54, 1.807) is 20.8 Å². The number of aliphatic carboxylic acids is 1. The highest BCUT2D eigenvalue weighted by Crippen LogP contribution is 2.30. The van der Waals surface area contributed by atoms with Gasteiger partial charge in [-0.25, -0.2) is 9.59 Å². The minimum Gasteiger partial charge on any atom is -0.480 e. The van der Waals surface area contributed by atoms with Crippen LogP contribution in [0, 0.1) is 20.8 Å². The highest BCUT2D eigenvalue weighted by atomic mass is 79.9. The number of amides is 2. The van der Waals surface area contributed by atoms with E-state index in [0.717, 1.165) is 21.2 Å². The molecule has 27 heavy (non-hydrogen) atoms. The number of halogens is 1. The van der Waals surface area contributed by atoms with Gasteiger partial charge in [-0.05, 0) is 64.7 Å². The monoisotopic (exact) mass is 442 g/mol. The van der Waals surface area contributed by atoms with Crippen molar-refractivity contribution in [3.05, 3.63) is 27.2 Å². The Morgan fingerprint density at radius 1 is 1.19 bits per heavy atom. The van der Waals surface area contributed by atoms with Gasteiger partial charge in [0.2, 0.25) is 5.91 Å². The number of nitrogens with one attached hydrogen (secondary N) is 2. The molecule has 0 saturated heterocycles. The number of carboxylic acids is 1. The number of carboxylic acid groups (broad SMARTS) is 1. The Hall–Kier alpha value is -2.09. The molecule has 0 saturated carbocycles. The summed E-state index contributed by atoms with van der Waals surface area (Å²) in [4.78, 5) is 35.4. The third-order valence-electron chi connectivity index (χ3n) is 3.79. The van der Waals surface area contributed by atoms with Crippen molar-refractivity contribution in [1.29, 1.82) is 0 Å². The molecule has 0 unspecified atom stereocenters. The predicted molar refractivity (Wildman–Crippen MR) is 107 cm³/mol. The number of carbonyl (C=O) groups is 3. The number of rotatable bonds is 6. The van der Waals surface area contributed by atoms with Crippen LogP contribution in [-0.4, -0.2) is 34.7 Å². The van der Waals surface area contributed by atoms with Gasteiger partial charge in [0.1, 0.15) is 11.6 Å². The van der Waals surface area contributed by atoms with E-state index in [1.165, 1.54) is 0 Å². The van der Waals surface area contributed by atoms with E-state index in [2.05, 4.69) is 26.6 Å². The van der Waals surface area contributed by atoms with Crippen molar-refractivity contribution < 1.29 is 24.2 Å². The topological polar surface area (TPSA) is 105 Å².